The summed E-state index contributed by atoms with van der Waals surface area (Å²) >= 11 is 5.90. The van der Waals surface area contributed by atoms with E-state index in [-0.39, 0.29) is 0 Å². The highest BCUT2D eigenvalue weighted by atomic mass is 35.5. The number of carboxylic acids is 1. The molecule has 1 aliphatic carbocycles. The lowest BCUT2D eigenvalue weighted by Crippen LogP contribution is -2.39. The molecule has 2 nitrogen and oxygen atoms in total. The molecule has 1 unspecified atom stereocenters. The first-order valence-corrected chi connectivity index (χ1v) is 7.51. The molecule has 0 spiro atoms. The zero-order valence-electron chi connectivity index (χ0n) is 11.7. The quantitative estimate of drug-likeness (QED) is 0.925. The van der Waals surface area contributed by atoms with Crippen molar-refractivity contribution in [2.45, 2.75) is 25.7 Å². The second-order valence-electron chi connectivity index (χ2n) is 5.83. The molecule has 0 saturated heterocycles. The lowest BCUT2D eigenvalue weighted by molar-refractivity contribution is -0.149. The molecule has 0 bridgehead atoms. The first kappa shape index (κ1) is 14.2. The van der Waals surface area contributed by atoms with Crippen molar-refractivity contribution in [3.8, 4) is 0 Å². The Hall–Kier alpha value is -1.80. The van der Waals surface area contributed by atoms with E-state index in [4.69, 9.17) is 11.6 Å². The predicted octanol–water partition coefficient (Wildman–Crippen LogP) is 4.14. The summed E-state index contributed by atoms with van der Waals surface area (Å²) in [7, 11) is 0. The number of hydrogen-bond donors (Lipinski definition) is 1. The Morgan fingerprint density at radius 2 is 1.76 bits per heavy atom. The molecule has 0 saturated carbocycles. The van der Waals surface area contributed by atoms with E-state index in [9.17, 15) is 9.90 Å². The van der Waals surface area contributed by atoms with E-state index in [2.05, 4.69) is 6.07 Å². The number of benzene rings is 2. The van der Waals surface area contributed by atoms with Crippen molar-refractivity contribution in [1.29, 1.82) is 0 Å². The Morgan fingerprint density at radius 1 is 1.10 bits per heavy atom. The third kappa shape index (κ3) is 2.81. The van der Waals surface area contributed by atoms with Crippen LogP contribution in [0.15, 0.2) is 48.5 Å². The van der Waals surface area contributed by atoms with Gasteiger partial charge in [-0.15, -0.1) is 0 Å². The summed E-state index contributed by atoms with van der Waals surface area (Å²) in [6.45, 7) is 0. The van der Waals surface area contributed by atoms with Gasteiger partial charge in [0, 0.05) is 5.02 Å². The molecule has 1 atom stereocenters. The first-order chi connectivity index (χ1) is 10.1. The van der Waals surface area contributed by atoms with E-state index in [0.717, 1.165) is 12.0 Å². The molecular weight excluding hydrogens is 284 g/mol. The van der Waals surface area contributed by atoms with Crippen LogP contribution in [0.25, 0.3) is 0 Å². The molecule has 0 heterocycles. The van der Waals surface area contributed by atoms with Gasteiger partial charge in [0.15, 0.2) is 0 Å². The van der Waals surface area contributed by atoms with Gasteiger partial charge in [0.1, 0.15) is 0 Å². The van der Waals surface area contributed by atoms with Crippen molar-refractivity contribution in [1.82, 2.24) is 0 Å². The predicted molar refractivity (Wildman–Crippen MR) is 83.7 cm³/mol. The maximum absolute atomic E-state index is 11.9. The fourth-order valence-corrected chi connectivity index (χ4v) is 3.33. The molecule has 3 heteroatoms. The van der Waals surface area contributed by atoms with Crippen LogP contribution in [0.3, 0.4) is 0 Å². The van der Waals surface area contributed by atoms with E-state index >= 15 is 0 Å². The van der Waals surface area contributed by atoms with Gasteiger partial charge < -0.3 is 5.11 Å². The van der Waals surface area contributed by atoms with E-state index in [0.29, 0.717) is 24.3 Å². The fourth-order valence-electron chi connectivity index (χ4n) is 3.20. The normalized spacial score (nSPS) is 20.8. The molecule has 2 aromatic rings. The Kier molecular flexibility index (Phi) is 3.73. The summed E-state index contributed by atoms with van der Waals surface area (Å²) in [5.41, 5.74) is 2.77. The van der Waals surface area contributed by atoms with Crippen LogP contribution < -0.4 is 0 Å². The van der Waals surface area contributed by atoms with E-state index in [1.165, 1.54) is 11.1 Å². The summed E-state index contributed by atoms with van der Waals surface area (Å²) in [6.07, 6.45) is 2.66. The minimum absolute atomic E-state index is 0.549. The summed E-state index contributed by atoms with van der Waals surface area (Å²) in [5.74, 6) is -0.702. The molecule has 3 rings (SSSR count). The molecule has 0 aliphatic heterocycles. The summed E-state index contributed by atoms with van der Waals surface area (Å²) in [6, 6.07) is 15.6. The molecular formula is C18H17ClO2. The summed E-state index contributed by atoms with van der Waals surface area (Å²) < 4.78 is 0. The number of rotatable bonds is 3. The molecule has 1 aliphatic rings. The minimum Gasteiger partial charge on any atom is -0.481 e. The van der Waals surface area contributed by atoms with Gasteiger partial charge in [-0.25, -0.2) is 0 Å². The number of carbonyl (C=O) groups is 1. The molecule has 0 radical (unpaired) electrons. The maximum atomic E-state index is 11.9. The van der Waals surface area contributed by atoms with Gasteiger partial charge >= 0.3 is 5.97 Å². The lowest BCUT2D eigenvalue weighted by Gasteiger charge is -2.34. The van der Waals surface area contributed by atoms with Gasteiger partial charge in [-0.1, -0.05) is 48.0 Å². The second-order valence-corrected chi connectivity index (χ2v) is 6.27. The van der Waals surface area contributed by atoms with Crippen molar-refractivity contribution < 1.29 is 9.90 Å². The van der Waals surface area contributed by atoms with Crippen LogP contribution in [-0.2, 0) is 24.1 Å². The van der Waals surface area contributed by atoms with Crippen LogP contribution in [0, 0.1) is 5.41 Å². The number of hydrogen-bond acceptors (Lipinski definition) is 1. The van der Waals surface area contributed by atoms with Gasteiger partial charge in [0.25, 0.3) is 0 Å². The maximum Gasteiger partial charge on any atom is 0.310 e. The van der Waals surface area contributed by atoms with Gasteiger partial charge in [-0.2, -0.15) is 0 Å². The molecule has 0 aromatic heterocycles. The van der Waals surface area contributed by atoms with Crippen molar-refractivity contribution >= 4 is 17.6 Å². The van der Waals surface area contributed by atoms with Crippen LogP contribution in [0.2, 0.25) is 5.02 Å². The standard InChI is InChI=1S/C18H17ClO2/c19-16-7-5-13(6-8-16)11-18(17(20)21)10-9-14-3-1-2-4-15(14)12-18/h1-8H,9-12H2,(H,20,21). The number of aryl methyl sites for hydroxylation is 1. The van der Waals surface area contributed by atoms with E-state index in [1.807, 2.05) is 42.5 Å². The van der Waals surface area contributed by atoms with Crippen LogP contribution >= 0.6 is 11.6 Å². The van der Waals surface area contributed by atoms with Crippen molar-refractivity contribution in [2.75, 3.05) is 0 Å². The number of halogens is 1. The minimum atomic E-state index is -0.706. The van der Waals surface area contributed by atoms with Gasteiger partial charge in [-0.05, 0) is 54.5 Å². The molecule has 1 N–H and O–H groups in total. The summed E-state index contributed by atoms with van der Waals surface area (Å²) in [5, 5.41) is 10.5. The third-order valence-corrected chi connectivity index (χ3v) is 4.68. The smallest absolute Gasteiger partial charge is 0.310 e. The van der Waals surface area contributed by atoms with Crippen LogP contribution in [0.4, 0.5) is 0 Å². The monoisotopic (exact) mass is 300 g/mol. The largest absolute Gasteiger partial charge is 0.481 e. The van der Waals surface area contributed by atoms with Gasteiger partial charge in [-0.3, -0.25) is 4.79 Å². The average molecular weight is 301 g/mol. The average Bonchev–Trinajstić information content (AvgIpc) is 2.49. The van der Waals surface area contributed by atoms with Crippen molar-refractivity contribution in [3.05, 3.63) is 70.2 Å². The lowest BCUT2D eigenvalue weighted by atomic mass is 9.68. The van der Waals surface area contributed by atoms with Crippen molar-refractivity contribution in [3.63, 3.8) is 0 Å². The molecule has 108 valence electrons. The van der Waals surface area contributed by atoms with Crippen LogP contribution in [0.5, 0.6) is 0 Å². The Labute approximate surface area is 129 Å². The molecule has 2 aromatic carbocycles. The van der Waals surface area contributed by atoms with Crippen LogP contribution in [0.1, 0.15) is 23.1 Å². The molecule has 0 fully saturated rings. The number of fused-ring (bicyclic) bond motifs is 1. The Balaban J connectivity index is 1.91. The van der Waals surface area contributed by atoms with Gasteiger partial charge in [0.2, 0.25) is 0 Å². The highest BCUT2D eigenvalue weighted by molar-refractivity contribution is 6.30. The first-order valence-electron chi connectivity index (χ1n) is 7.14. The zero-order valence-corrected chi connectivity index (χ0v) is 12.4. The van der Waals surface area contributed by atoms with Crippen molar-refractivity contribution in [2.24, 2.45) is 5.41 Å². The topological polar surface area (TPSA) is 37.3 Å². The summed E-state index contributed by atoms with van der Waals surface area (Å²) in [4.78, 5) is 11.9. The fraction of sp³-hybridized carbons (Fsp3) is 0.278. The third-order valence-electron chi connectivity index (χ3n) is 4.43. The zero-order chi connectivity index (χ0) is 14.9. The SMILES string of the molecule is O=C(O)C1(Cc2ccc(Cl)cc2)CCc2ccccc2C1. The van der Waals surface area contributed by atoms with E-state index < -0.39 is 11.4 Å². The van der Waals surface area contributed by atoms with Gasteiger partial charge in [0.05, 0.1) is 5.41 Å². The van der Waals surface area contributed by atoms with Crippen LogP contribution in [-0.4, -0.2) is 11.1 Å². The number of carboxylic acid groups (broad SMARTS) is 1. The highest BCUT2D eigenvalue weighted by Gasteiger charge is 2.41. The Bertz CT molecular complexity index is 663. The van der Waals surface area contributed by atoms with E-state index in [1.54, 1.807) is 0 Å². The highest BCUT2D eigenvalue weighted by Crippen LogP contribution is 2.38. The molecule has 0 amide bonds. The number of aliphatic carboxylic acids is 1. The molecule has 21 heavy (non-hydrogen) atoms. The second kappa shape index (κ2) is 5.53. The Morgan fingerprint density at radius 3 is 2.43 bits per heavy atom.